The van der Waals surface area contributed by atoms with Gasteiger partial charge >= 0.3 is 0 Å². The van der Waals surface area contributed by atoms with Crippen molar-refractivity contribution in [3.63, 3.8) is 0 Å². The van der Waals surface area contributed by atoms with Gasteiger partial charge in [0.25, 0.3) is 5.91 Å². The van der Waals surface area contributed by atoms with Crippen LogP contribution >= 0.6 is 0 Å². The smallest absolute Gasteiger partial charge is 0.252 e. The van der Waals surface area contributed by atoms with Crippen molar-refractivity contribution in [2.45, 2.75) is 12.8 Å². The molecule has 0 aliphatic rings. The van der Waals surface area contributed by atoms with Crippen LogP contribution in [0, 0.1) is 0 Å². The number of aromatic nitrogens is 1. The van der Waals surface area contributed by atoms with E-state index in [1.54, 1.807) is 24.5 Å². The Morgan fingerprint density at radius 2 is 2.00 bits per heavy atom. The fourth-order valence-electron chi connectivity index (χ4n) is 1.74. The summed E-state index contributed by atoms with van der Waals surface area (Å²) in [7, 11) is 0. The molecule has 0 radical (unpaired) electrons. The minimum Gasteiger partial charge on any atom is -0.351 e. The van der Waals surface area contributed by atoms with E-state index in [4.69, 9.17) is 0 Å². The average molecular weight is 240 g/mol. The summed E-state index contributed by atoms with van der Waals surface area (Å²) >= 11 is 0. The van der Waals surface area contributed by atoms with Crippen LogP contribution in [0.3, 0.4) is 0 Å². The first-order valence-corrected chi connectivity index (χ1v) is 6.00. The number of carbonyl (C=O) groups excluding carboxylic acids is 1. The number of amides is 1. The Morgan fingerprint density at radius 1 is 1.22 bits per heavy atom. The van der Waals surface area contributed by atoms with Crippen LogP contribution in [0.2, 0.25) is 0 Å². The number of benzene rings is 1. The zero-order valence-corrected chi connectivity index (χ0v) is 10.3. The van der Waals surface area contributed by atoms with Crippen molar-refractivity contribution in [3.05, 3.63) is 66.0 Å². The number of rotatable bonds is 4. The quantitative estimate of drug-likeness (QED) is 0.892. The molecule has 0 saturated carbocycles. The SMILES string of the molecule is CC(CNC(=O)c1cccnc1)c1ccccc1. The van der Waals surface area contributed by atoms with E-state index in [1.165, 1.54) is 5.56 Å². The first-order chi connectivity index (χ1) is 8.77. The van der Waals surface area contributed by atoms with Crippen molar-refractivity contribution in [2.24, 2.45) is 0 Å². The van der Waals surface area contributed by atoms with Crippen molar-refractivity contribution >= 4 is 5.91 Å². The van der Waals surface area contributed by atoms with Gasteiger partial charge in [-0.2, -0.15) is 0 Å². The first kappa shape index (κ1) is 12.3. The summed E-state index contributed by atoms with van der Waals surface area (Å²) in [5, 5.41) is 2.92. The van der Waals surface area contributed by atoms with Gasteiger partial charge in [-0.3, -0.25) is 9.78 Å². The van der Waals surface area contributed by atoms with Gasteiger partial charge in [0.1, 0.15) is 0 Å². The monoisotopic (exact) mass is 240 g/mol. The zero-order valence-electron chi connectivity index (χ0n) is 10.3. The standard InChI is InChI=1S/C15H16N2O/c1-12(13-6-3-2-4-7-13)10-17-15(18)14-8-5-9-16-11-14/h2-9,11-12H,10H2,1H3,(H,17,18). The van der Waals surface area contributed by atoms with E-state index >= 15 is 0 Å². The summed E-state index contributed by atoms with van der Waals surface area (Å²) in [5.41, 5.74) is 1.82. The molecular weight excluding hydrogens is 224 g/mol. The fraction of sp³-hybridized carbons (Fsp3) is 0.200. The Kier molecular flexibility index (Phi) is 4.07. The lowest BCUT2D eigenvalue weighted by Crippen LogP contribution is -2.27. The highest BCUT2D eigenvalue weighted by molar-refractivity contribution is 5.93. The lowest BCUT2D eigenvalue weighted by atomic mass is 10.0. The largest absolute Gasteiger partial charge is 0.351 e. The lowest BCUT2D eigenvalue weighted by Gasteiger charge is -2.12. The number of carbonyl (C=O) groups is 1. The zero-order chi connectivity index (χ0) is 12.8. The molecule has 1 heterocycles. The number of nitrogens with zero attached hydrogens (tertiary/aromatic N) is 1. The summed E-state index contributed by atoms with van der Waals surface area (Å²) in [5.74, 6) is 0.220. The molecule has 1 amide bonds. The topological polar surface area (TPSA) is 42.0 Å². The molecule has 0 fully saturated rings. The van der Waals surface area contributed by atoms with Crippen LogP contribution in [0.25, 0.3) is 0 Å². The van der Waals surface area contributed by atoms with Crippen LogP contribution in [0.5, 0.6) is 0 Å². The fourth-order valence-corrected chi connectivity index (χ4v) is 1.74. The number of hydrogen-bond acceptors (Lipinski definition) is 2. The molecule has 0 bridgehead atoms. The highest BCUT2D eigenvalue weighted by Gasteiger charge is 2.08. The normalized spacial score (nSPS) is 11.8. The Hall–Kier alpha value is -2.16. The maximum absolute atomic E-state index is 11.8. The molecule has 2 aromatic rings. The summed E-state index contributed by atoms with van der Waals surface area (Å²) in [6, 6.07) is 13.7. The van der Waals surface area contributed by atoms with Gasteiger partial charge < -0.3 is 5.32 Å². The molecule has 1 N–H and O–H groups in total. The molecule has 3 nitrogen and oxygen atoms in total. The van der Waals surface area contributed by atoms with Gasteiger partial charge in [0.15, 0.2) is 0 Å². The van der Waals surface area contributed by atoms with Gasteiger partial charge in [-0.15, -0.1) is 0 Å². The second-order valence-electron chi connectivity index (χ2n) is 4.26. The van der Waals surface area contributed by atoms with Crippen molar-refractivity contribution in [2.75, 3.05) is 6.54 Å². The van der Waals surface area contributed by atoms with Gasteiger partial charge in [0, 0.05) is 18.9 Å². The molecule has 3 heteroatoms. The van der Waals surface area contributed by atoms with Gasteiger partial charge in [-0.25, -0.2) is 0 Å². The third-order valence-corrected chi connectivity index (χ3v) is 2.86. The Balaban J connectivity index is 1.91. The Bertz CT molecular complexity index is 496. The van der Waals surface area contributed by atoms with Crippen LogP contribution in [-0.2, 0) is 0 Å². The van der Waals surface area contributed by atoms with E-state index in [9.17, 15) is 4.79 Å². The van der Waals surface area contributed by atoms with Gasteiger partial charge in [0.05, 0.1) is 5.56 Å². The molecule has 18 heavy (non-hydrogen) atoms. The number of hydrogen-bond donors (Lipinski definition) is 1. The molecule has 1 aromatic heterocycles. The molecule has 0 saturated heterocycles. The van der Waals surface area contributed by atoms with Crippen LogP contribution in [0.15, 0.2) is 54.9 Å². The summed E-state index contributed by atoms with van der Waals surface area (Å²) < 4.78 is 0. The highest BCUT2D eigenvalue weighted by Crippen LogP contribution is 2.13. The molecule has 0 spiro atoms. The third-order valence-electron chi connectivity index (χ3n) is 2.86. The highest BCUT2D eigenvalue weighted by atomic mass is 16.1. The average Bonchev–Trinajstić information content (AvgIpc) is 2.46. The van der Waals surface area contributed by atoms with E-state index in [-0.39, 0.29) is 5.91 Å². The molecule has 92 valence electrons. The van der Waals surface area contributed by atoms with Crippen molar-refractivity contribution < 1.29 is 4.79 Å². The molecular formula is C15H16N2O. The van der Waals surface area contributed by atoms with E-state index in [0.717, 1.165) is 0 Å². The van der Waals surface area contributed by atoms with Gasteiger partial charge in [-0.1, -0.05) is 37.3 Å². The van der Waals surface area contributed by atoms with Crippen LogP contribution in [0.1, 0.15) is 28.8 Å². The Morgan fingerprint density at radius 3 is 2.67 bits per heavy atom. The van der Waals surface area contributed by atoms with Crippen LogP contribution in [0.4, 0.5) is 0 Å². The lowest BCUT2D eigenvalue weighted by molar-refractivity contribution is 0.0951. The predicted molar refractivity (Wildman–Crippen MR) is 71.4 cm³/mol. The molecule has 2 rings (SSSR count). The van der Waals surface area contributed by atoms with E-state index in [2.05, 4.69) is 29.4 Å². The van der Waals surface area contributed by atoms with E-state index in [0.29, 0.717) is 18.0 Å². The van der Waals surface area contributed by atoms with Gasteiger partial charge in [-0.05, 0) is 23.6 Å². The molecule has 1 unspecified atom stereocenters. The summed E-state index contributed by atoms with van der Waals surface area (Å²) in [6.07, 6.45) is 3.23. The van der Waals surface area contributed by atoms with Crippen LogP contribution < -0.4 is 5.32 Å². The number of pyridine rings is 1. The third kappa shape index (κ3) is 3.17. The first-order valence-electron chi connectivity index (χ1n) is 6.00. The van der Waals surface area contributed by atoms with Crippen molar-refractivity contribution in [1.29, 1.82) is 0 Å². The molecule has 0 aliphatic heterocycles. The van der Waals surface area contributed by atoms with Gasteiger partial charge in [0.2, 0.25) is 0 Å². The van der Waals surface area contributed by atoms with Crippen LogP contribution in [-0.4, -0.2) is 17.4 Å². The maximum Gasteiger partial charge on any atom is 0.252 e. The van der Waals surface area contributed by atoms with E-state index in [1.807, 2.05) is 18.2 Å². The second-order valence-corrected chi connectivity index (χ2v) is 4.26. The molecule has 1 aromatic carbocycles. The minimum absolute atomic E-state index is 0.0779. The summed E-state index contributed by atoms with van der Waals surface area (Å²) in [6.45, 7) is 2.72. The van der Waals surface area contributed by atoms with Crippen molar-refractivity contribution in [3.8, 4) is 0 Å². The maximum atomic E-state index is 11.8. The second kappa shape index (κ2) is 5.96. The predicted octanol–water partition coefficient (Wildman–Crippen LogP) is 2.62. The molecule has 1 atom stereocenters. The Labute approximate surface area is 107 Å². The van der Waals surface area contributed by atoms with Crippen molar-refractivity contribution in [1.82, 2.24) is 10.3 Å². The summed E-state index contributed by atoms with van der Waals surface area (Å²) in [4.78, 5) is 15.8. The minimum atomic E-state index is -0.0779. The number of nitrogens with one attached hydrogen (secondary N) is 1. The van der Waals surface area contributed by atoms with E-state index < -0.39 is 0 Å². The molecule has 0 aliphatic carbocycles.